The highest BCUT2D eigenvalue weighted by Gasteiger charge is 2.33. The van der Waals surface area contributed by atoms with Gasteiger partial charge < -0.3 is 10.6 Å². The van der Waals surface area contributed by atoms with Gasteiger partial charge in [-0.05, 0) is 37.1 Å². The molecule has 2 amide bonds. The first kappa shape index (κ1) is 19.5. The van der Waals surface area contributed by atoms with Crippen LogP contribution in [0.1, 0.15) is 19.8 Å². The van der Waals surface area contributed by atoms with Gasteiger partial charge in [0.2, 0.25) is 21.8 Å². The van der Waals surface area contributed by atoms with Gasteiger partial charge >= 0.3 is 0 Å². The van der Waals surface area contributed by atoms with E-state index in [2.05, 4.69) is 15.6 Å². The van der Waals surface area contributed by atoms with E-state index in [4.69, 9.17) is 0 Å². The summed E-state index contributed by atoms with van der Waals surface area (Å²) in [6.07, 6.45) is 2.84. The Morgan fingerprint density at radius 2 is 1.96 bits per heavy atom. The van der Waals surface area contributed by atoms with Crippen LogP contribution in [0.4, 0.5) is 10.8 Å². The predicted octanol–water partition coefficient (Wildman–Crippen LogP) is 2.14. The summed E-state index contributed by atoms with van der Waals surface area (Å²) in [5.74, 6) is -0.863. The van der Waals surface area contributed by atoms with Gasteiger partial charge in [-0.15, -0.1) is 11.3 Å². The van der Waals surface area contributed by atoms with Crippen molar-refractivity contribution < 1.29 is 18.0 Å². The SMILES string of the molecule is CC(=O)Nc1ccc(S(=O)(=O)N2CCCC(C(=O)Nc3nccs3)C2)cc1. The van der Waals surface area contributed by atoms with Crippen molar-refractivity contribution in [2.75, 3.05) is 23.7 Å². The normalized spacial score (nSPS) is 18.0. The fourth-order valence-electron chi connectivity index (χ4n) is 2.93. The Labute approximate surface area is 161 Å². The van der Waals surface area contributed by atoms with E-state index in [0.29, 0.717) is 30.2 Å². The van der Waals surface area contributed by atoms with E-state index in [0.717, 1.165) is 0 Å². The number of benzene rings is 1. The third kappa shape index (κ3) is 4.71. The lowest BCUT2D eigenvalue weighted by Gasteiger charge is -2.31. The quantitative estimate of drug-likeness (QED) is 0.788. The van der Waals surface area contributed by atoms with Gasteiger partial charge in [0, 0.05) is 37.3 Å². The second-order valence-electron chi connectivity index (χ2n) is 6.23. The lowest BCUT2D eigenvalue weighted by molar-refractivity contribution is -0.121. The fourth-order valence-corrected chi connectivity index (χ4v) is 4.99. The Balaban J connectivity index is 1.70. The van der Waals surface area contributed by atoms with Gasteiger partial charge in [-0.2, -0.15) is 4.31 Å². The summed E-state index contributed by atoms with van der Waals surface area (Å²) < 4.78 is 27.1. The highest BCUT2D eigenvalue weighted by molar-refractivity contribution is 7.89. The molecule has 1 aliphatic heterocycles. The van der Waals surface area contributed by atoms with Crippen molar-refractivity contribution >= 4 is 44.0 Å². The highest BCUT2D eigenvalue weighted by atomic mass is 32.2. The Morgan fingerprint density at radius 1 is 1.22 bits per heavy atom. The number of rotatable bonds is 5. The molecule has 0 radical (unpaired) electrons. The number of hydrogen-bond acceptors (Lipinski definition) is 6. The summed E-state index contributed by atoms with van der Waals surface area (Å²) in [4.78, 5) is 27.6. The van der Waals surface area contributed by atoms with Crippen LogP contribution in [0.3, 0.4) is 0 Å². The van der Waals surface area contributed by atoms with Crippen LogP contribution in [0.25, 0.3) is 0 Å². The molecule has 3 rings (SSSR count). The maximum atomic E-state index is 12.9. The van der Waals surface area contributed by atoms with Gasteiger partial charge in [-0.3, -0.25) is 9.59 Å². The Kier molecular flexibility index (Phi) is 5.88. The van der Waals surface area contributed by atoms with Crippen LogP contribution >= 0.6 is 11.3 Å². The molecular weight excluding hydrogens is 388 g/mol. The van der Waals surface area contributed by atoms with E-state index in [9.17, 15) is 18.0 Å². The van der Waals surface area contributed by atoms with Crippen molar-refractivity contribution in [2.45, 2.75) is 24.7 Å². The molecule has 1 aliphatic rings. The molecule has 1 atom stereocenters. The van der Waals surface area contributed by atoms with Crippen molar-refractivity contribution in [3.8, 4) is 0 Å². The lowest BCUT2D eigenvalue weighted by Crippen LogP contribution is -2.43. The van der Waals surface area contributed by atoms with E-state index in [1.807, 2.05) is 0 Å². The molecule has 0 aliphatic carbocycles. The van der Waals surface area contributed by atoms with Crippen molar-refractivity contribution in [1.29, 1.82) is 0 Å². The minimum Gasteiger partial charge on any atom is -0.326 e. The molecule has 1 aromatic carbocycles. The molecule has 10 heteroatoms. The Morgan fingerprint density at radius 3 is 2.59 bits per heavy atom. The molecule has 1 unspecified atom stereocenters. The standard InChI is InChI=1S/C17H20N4O4S2/c1-12(22)19-14-4-6-15(7-5-14)27(24,25)21-9-2-3-13(11-21)16(23)20-17-18-8-10-26-17/h4-8,10,13H,2-3,9,11H2,1H3,(H,19,22)(H,18,20,23). The highest BCUT2D eigenvalue weighted by Crippen LogP contribution is 2.26. The van der Waals surface area contributed by atoms with Crippen LogP contribution in [0.15, 0.2) is 40.7 Å². The summed E-state index contributed by atoms with van der Waals surface area (Å²) in [5.41, 5.74) is 0.529. The summed E-state index contributed by atoms with van der Waals surface area (Å²) in [6, 6.07) is 6.01. The molecule has 0 saturated carbocycles. The average molecular weight is 409 g/mol. The second-order valence-corrected chi connectivity index (χ2v) is 9.07. The zero-order valence-corrected chi connectivity index (χ0v) is 16.3. The molecule has 1 saturated heterocycles. The monoisotopic (exact) mass is 408 g/mol. The molecule has 27 heavy (non-hydrogen) atoms. The minimum atomic E-state index is -3.71. The number of nitrogens with one attached hydrogen (secondary N) is 2. The number of sulfonamides is 1. The molecule has 0 spiro atoms. The maximum absolute atomic E-state index is 12.9. The largest absolute Gasteiger partial charge is 0.326 e. The molecule has 1 fully saturated rings. The zero-order valence-electron chi connectivity index (χ0n) is 14.7. The first-order chi connectivity index (χ1) is 12.9. The van der Waals surface area contributed by atoms with Gasteiger partial charge in [0.1, 0.15) is 0 Å². The maximum Gasteiger partial charge on any atom is 0.243 e. The van der Waals surface area contributed by atoms with Crippen LogP contribution in [-0.2, 0) is 19.6 Å². The summed E-state index contributed by atoms with van der Waals surface area (Å²) in [6.45, 7) is 1.89. The van der Waals surface area contributed by atoms with Crippen molar-refractivity contribution in [3.63, 3.8) is 0 Å². The van der Waals surface area contributed by atoms with Crippen LogP contribution in [0.5, 0.6) is 0 Å². The van der Waals surface area contributed by atoms with Crippen molar-refractivity contribution in [1.82, 2.24) is 9.29 Å². The Bertz CT molecular complexity index is 911. The van der Waals surface area contributed by atoms with Gasteiger partial charge in [0.15, 0.2) is 5.13 Å². The number of hydrogen-bond donors (Lipinski definition) is 2. The number of thiazole rings is 1. The van der Waals surface area contributed by atoms with E-state index in [1.165, 1.54) is 34.7 Å². The molecule has 8 nitrogen and oxygen atoms in total. The molecule has 0 bridgehead atoms. The molecule has 2 N–H and O–H groups in total. The number of nitrogens with zero attached hydrogens (tertiary/aromatic N) is 2. The Hall–Kier alpha value is -2.30. The summed E-state index contributed by atoms with van der Waals surface area (Å²) >= 11 is 1.32. The number of carbonyl (C=O) groups is 2. The molecular formula is C17H20N4O4S2. The topological polar surface area (TPSA) is 108 Å². The van der Waals surface area contributed by atoms with Crippen molar-refractivity contribution in [3.05, 3.63) is 35.8 Å². The van der Waals surface area contributed by atoms with Crippen LogP contribution in [0.2, 0.25) is 0 Å². The van der Waals surface area contributed by atoms with Crippen LogP contribution < -0.4 is 10.6 Å². The van der Waals surface area contributed by atoms with Gasteiger partial charge in [-0.1, -0.05) is 0 Å². The van der Waals surface area contributed by atoms with Crippen LogP contribution in [-0.4, -0.2) is 42.6 Å². The number of piperidine rings is 1. The number of aromatic nitrogens is 1. The van der Waals surface area contributed by atoms with E-state index in [-0.39, 0.29) is 23.3 Å². The zero-order chi connectivity index (χ0) is 19.4. The van der Waals surface area contributed by atoms with Gasteiger partial charge in [0.25, 0.3) is 0 Å². The minimum absolute atomic E-state index is 0.132. The smallest absolute Gasteiger partial charge is 0.243 e. The van der Waals surface area contributed by atoms with Gasteiger partial charge in [-0.25, -0.2) is 13.4 Å². The third-order valence-corrected chi connectivity index (χ3v) is 6.80. The lowest BCUT2D eigenvalue weighted by atomic mass is 9.99. The third-order valence-electron chi connectivity index (χ3n) is 4.23. The summed E-state index contributed by atoms with van der Waals surface area (Å²) in [7, 11) is -3.71. The molecule has 144 valence electrons. The predicted molar refractivity (Wildman–Crippen MR) is 103 cm³/mol. The number of amides is 2. The molecule has 2 heterocycles. The van der Waals surface area contributed by atoms with E-state index in [1.54, 1.807) is 23.7 Å². The first-order valence-electron chi connectivity index (χ1n) is 8.44. The number of carbonyl (C=O) groups excluding carboxylic acids is 2. The molecule has 1 aromatic heterocycles. The first-order valence-corrected chi connectivity index (χ1v) is 10.8. The fraction of sp³-hybridized carbons (Fsp3) is 0.353. The van der Waals surface area contributed by atoms with Crippen LogP contribution in [0, 0.1) is 5.92 Å². The number of anilines is 2. The molecule has 2 aromatic rings. The summed E-state index contributed by atoms with van der Waals surface area (Å²) in [5, 5.41) is 7.61. The van der Waals surface area contributed by atoms with Crippen molar-refractivity contribution in [2.24, 2.45) is 5.92 Å². The van der Waals surface area contributed by atoms with E-state index < -0.39 is 15.9 Å². The van der Waals surface area contributed by atoms with E-state index >= 15 is 0 Å². The average Bonchev–Trinajstić information content (AvgIpc) is 3.15. The van der Waals surface area contributed by atoms with Gasteiger partial charge in [0.05, 0.1) is 10.8 Å². The second kappa shape index (κ2) is 8.15.